The normalized spacial score (nSPS) is 13.3. The first-order valence-electron chi connectivity index (χ1n) is 32.1. The molecule has 0 aromatic heterocycles. The summed E-state index contributed by atoms with van der Waals surface area (Å²) in [6, 6.07) is 48.0. The van der Waals surface area contributed by atoms with E-state index in [1.165, 1.54) is 22.3 Å². The van der Waals surface area contributed by atoms with Crippen molar-refractivity contribution < 1.29 is 33.2 Å². The molecule has 20 bridgehead atoms. The SMILES string of the molecule is CCCOc1c2cc3cc1Cc1cccc(c1OC)Cc1cc(cc(c1OCCC)Cc1cccc(c1)C2)CNc1cc2c(OCCC)c(c1)Cc1cccc(c1OCCC)Cc1cc(cc(c1OCCC)Cc1cccc(c1OCCC)C2)NC3. The lowest BCUT2D eigenvalue weighted by molar-refractivity contribution is 0.304. The van der Waals surface area contributed by atoms with E-state index < -0.39 is 0 Å². The van der Waals surface area contributed by atoms with E-state index in [2.05, 4.69) is 180 Å². The van der Waals surface area contributed by atoms with Gasteiger partial charge in [-0.2, -0.15) is 0 Å². The number of anilines is 2. The minimum atomic E-state index is 0.578. The Labute approximate surface area is 511 Å². The highest BCUT2D eigenvalue weighted by molar-refractivity contribution is 5.64. The van der Waals surface area contributed by atoms with E-state index in [0.29, 0.717) is 104 Å². The molecule has 0 radical (unpaired) electrons. The van der Waals surface area contributed by atoms with Crippen molar-refractivity contribution in [2.75, 3.05) is 57.4 Å². The first-order chi connectivity index (χ1) is 42.3. The van der Waals surface area contributed by atoms with Crippen LogP contribution in [0.3, 0.4) is 0 Å². The average molecular weight is 1150 g/mol. The van der Waals surface area contributed by atoms with Gasteiger partial charge in [0.1, 0.15) is 40.2 Å². The maximum absolute atomic E-state index is 7.01. The Morgan fingerprint density at radius 1 is 0.267 bits per heavy atom. The predicted molar refractivity (Wildman–Crippen MR) is 350 cm³/mol. The maximum Gasteiger partial charge on any atom is 0.126 e. The Balaban J connectivity index is 1.21. The molecule has 2 N–H and O–H groups in total. The third-order valence-corrected chi connectivity index (χ3v) is 16.6. The molecular formula is C77H88N2O7. The van der Waals surface area contributed by atoms with Crippen molar-refractivity contribution in [1.82, 2.24) is 0 Å². The number of benzene rings is 8. The summed E-state index contributed by atoms with van der Waals surface area (Å²) in [7, 11) is 1.82. The minimum Gasteiger partial charge on any atom is -0.496 e. The van der Waals surface area contributed by atoms with Crippen molar-refractivity contribution in [2.45, 2.75) is 145 Å². The van der Waals surface area contributed by atoms with Gasteiger partial charge in [-0.3, -0.25) is 0 Å². The van der Waals surface area contributed by atoms with Gasteiger partial charge >= 0.3 is 0 Å². The Bertz CT molecular complexity index is 3340. The standard InChI is InChI=1S/C77H88N2O7/c1-8-26-81-72-57-22-16-23-58(72)42-66-46-70-48-68(77(66)86-31-13-6)44-60-25-17-24-59(73(60)82-27-9-2)43-67-47-69(45-65(41-57)76(67)85-30-12-5)78-49-53-35-61-33-51-18-14-19-52(32-51)34-62-36-54(50-79-70)38-64(75(62)84-29-11-4)40-56-21-15-20-55(71(56)80-7)39-63(37-53)74(61)83-28-10-3/h14-25,32,35-38,45-48,78-79H,8-13,26-31,33-34,39-44,49-50H2,1-7H3. The molecule has 0 fully saturated rings. The van der Waals surface area contributed by atoms with Crippen LogP contribution in [0.5, 0.6) is 40.2 Å². The fourth-order valence-electron chi connectivity index (χ4n) is 12.9. The number of ether oxygens (including phenoxy) is 7. The van der Waals surface area contributed by atoms with Gasteiger partial charge in [-0.25, -0.2) is 0 Å². The molecular weight excluding hydrogens is 1060 g/mol. The molecule has 8 aromatic rings. The average Bonchev–Trinajstić information content (AvgIpc) is 2.40. The van der Waals surface area contributed by atoms with Gasteiger partial charge in [-0.1, -0.05) is 120 Å². The van der Waals surface area contributed by atoms with Crippen LogP contribution < -0.4 is 43.8 Å². The molecule has 8 aromatic carbocycles. The Hall–Kier alpha value is -8.04. The van der Waals surface area contributed by atoms with Gasteiger partial charge in [0.25, 0.3) is 0 Å². The lowest BCUT2D eigenvalue weighted by atomic mass is 9.89. The zero-order valence-electron chi connectivity index (χ0n) is 52.0. The van der Waals surface area contributed by atoms with E-state index in [1.54, 1.807) is 0 Å². The van der Waals surface area contributed by atoms with Gasteiger partial charge in [0.15, 0.2) is 0 Å². The van der Waals surface area contributed by atoms with Crippen molar-refractivity contribution in [3.05, 3.63) is 228 Å². The van der Waals surface area contributed by atoms with Crippen LogP contribution in [-0.4, -0.2) is 46.8 Å². The summed E-state index contributed by atoms with van der Waals surface area (Å²) in [6.07, 6.45) is 10.4. The molecule has 0 atom stereocenters. The number of fused-ring (bicyclic) bond motifs is 2. The highest BCUT2D eigenvalue weighted by Gasteiger charge is 2.26. The van der Waals surface area contributed by atoms with E-state index in [1.807, 2.05) is 7.11 Å². The molecule has 4 aliphatic rings. The third-order valence-electron chi connectivity index (χ3n) is 16.6. The summed E-state index contributed by atoms with van der Waals surface area (Å²) in [5.41, 5.74) is 22.6. The quantitative estimate of drug-likeness (QED) is 0.0822. The number of hydrogen-bond acceptors (Lipinski definition) is 9. The van der Waals surface area contributed by atoms with E-state index in [-0.39, 0.29) is 0 Å². The second-order valence-electron chi connectivity index (χ2n) is 23.7. The molecule has 9 heteroatoms. The topological polar surface area (TPSA) is 88.7 Å². The van der Waals surface area contributed by atoms with Crippen LogP contribution in [0.15, 0.2) is 127 Å². The van der Waals surface area contributed by atoms with Gasteiger partial charge in [0.2, 0.25) is 0 Å². The molecule has 0 unspecified atom stereocenters. The largest absolute Gasteiger partial charge is 0.496 e. The van der Waals surface area contributed by atoms with Crippen molar-refractivity contribution in [3.63, 3.8) is 0 Å². The minimum absolute atomic E-state index is 0.578. The van der Waals surface area contributed by atoms with Crippen molar-refractivity contribution in [3.8, 4) is 40.2 Å². The zero-order chi connectivity index (χ0) is 59.4. The molecule has 12 rings (SSSR count). The second-order valence-corrected chi connectivity index (χ2v) is 23.7. The molecule has 2 heterocycles. The monoisotopic (exact) mass is 1150 g/mol. The van der Waals surface area contributed by atoms with Crippen LogP contribution in [0, 0.1) is 0 Å². The number of methoxy groups -OCH3 is 1. The van der Waals surface area contributed by atoms with Crippen LogP contribution in [0.25, 0.3) is 0 Å². The first kappa shape index (κ1) is 59.7. The Kier molecular flexibility index (Phi) is 19.7. The van der Waals surface area contributed by atoms with Crippen LogP contribution in [-0.2, 0) is 64.5 Å². The van der Waals surface area contributed by atoms with E-state index >= 15 is 0 Å². The highest BCUT2D eigenvalue weighted by atomic mass is 16.5. The van der Waals surface area contributed by atoms with Crippen LogP contribution in [0.2, 0.25) is 0 Å². The van der Waals surface area contributed by atoms with Gasteiger partial charge < -0.3 is 43.8 Å². The zero-order valence-corrected chi connectivity index (χ0v) is 52.0. The summed E-state index contributed by atoms with van der Waals surface area (Å²) in [4.78, 5) is 0. The van der Waals surface area contributed by atoms with Gasteiger partial charge in [-0.15, -0.1) is 0 Å². The fraction of sp³-hybridized carbons (Fsp3) is 0.377. The molecule has 0 amide bonds. The third kappa shape index (κ3) is 13.8. The predicted octanol–water partition coefficient (Wildman–Crippen LogP) is 17.3. The number of para-hydroxylation sites is 3. The molecule has 86 heavy (non-hydrogen) atoms. The van der Waals surface area contributed by atoms with Gasteiger partial charge in [0, 0.05) is 98.1 Å². The van der Waals surface area contributed by atoms with Crippen LogP contribution in [0.1, 0.15) is 180 Å². The lowest BCUT2D eigenvalue weighted by Crippen LogP contribution is -2.12. The van der Waals surface area contributed by atoms with E-state index in [4.69, 9.17) is 33.2 Å². The molecule has 0 saturated carbocycles. The lowest BCUT2D eigenvalue weighted by Gasteiger charge is -2.24. The van der Waals surface area contributed by atoms with E-state index in [9.17, 15) is 0 Å². The van der Waals surface area contributed by atoms with Gasteiger partial charge in [-0.05, 0) is 165 Å². The van der Waals surface area contributed by atoms with Crippen LogP contribution in [0.4, 0.5) is 11.4 Å². The summed E-state index contributed by atoms with van der Waals surface area (Å²) in [5.74, 6) is 6.49. The molecule has 0 spiro atoms. The summed E-state index contributed by atoms with van der Waals surface area (Å²) < 4.78 is 48.4. The highest BCUT2D eigenvalue weighted by Crippen LogP contribution is 2.43. The fourth-order valence-corrected chi connectivity index (χ4v) is 12.9. The van der Waals surface area contributed by atoms with Crippen molar-refractivity contribution in [1.29, 1.82) is 0 Å². The summed E-state index contributed by atoms with van der Waals surface area (Å²) in [5, 5.41) is 8.06. The number of rotatable bonds is 19. The molecule has 9 nitrogen and oxygen atoms in total. The number of hydrogen-bond donors (Lipinski definition) is 2. The Morgan fingerprint density at radius 2 is 0.512 bits per heavy atom. The molecule has 2 aliphatic heterocycles. The molecule has 0 saturated heterocycles. The Morgan fingerprint density at radius 3 is 0.791 bits per heavy atom. The molecule has 2 aliphatic carbocycles. The smallest absolute Gasteiger partial charge is 0.126 e. The maximum atomic E-state index is 7.01. The number of nitrogens with one attached hydrogen (secondary N) is 2. The summed E-state index contributed by atoms with van der Waals surface area (Å²) in [6.45, 7) is 17.9. The first-order valence-corrected chi connectivity index (χ1v) is 32.1. The van der Waals surface area contributed by atoms with Gasteiger partial charge in [0.05, 0.1) is 46.8 Å². The van der Waals surface area contributed by atoms with Crippen LogP contribution >= 0.6 is 0 Å². The summed E-state index contributed by atoms with van der Waals surface area (Å²) >= 11 is 0. The van der Waals surface area contributed by atoms with Crippen molar-refractivity contribution in [2.24, 2.45) is 0 Å². The van der Waals surface area contributed by atoms with Crippen molar-refractivity contribution >= 4 is 11.4 Å². The molecule has 448 valence electrons. The second kappa shape index (κ2) is 28.4. The van der Waals surface area contributed by atoms with E-state index in [0.717, 1.165) is 168 Å².